The molecule has 1 aliphatic rings. The summed E-state index contributed by atoms with van der Waals surface area (Å²) < 4.78 is 5.32. The maximum atomic E-state index is 5.59. The molecule has 1 heterocycles. The predicted octanol–water partition coefficient (Wildman–Crippen LogP) is 0.283. The first kappa shape index (κ1) is 13.9. The Bertz CT molecular complexity index is 179. The van der Waals surface area contributed by atoms with Crippen molar-refractivity contribution in [3.63, 3.8) is 0 Å². The van der Waals surface area contributed by atoms with Gasteiger partial charge < -0.3 is 15.8 Å². The molecule has 0 atom stereocenters. The van der Waals surface area contributed by atoms with E-state index < -0.39 is 0 Å². The van der Waals surface area contributed by atoms with Crippen molar-refractivity contribution in [2.75, 3.05) is 52.5 Å². The average molecular weight is 229 g/mol. The normalized spacial score (nSPS) is 18.9. The van der Waals surface area contributed by atoms with Crippen molar-refractivity contribution >= 4 is 0 Å². The second-order valence-electron chi connectivity index (χ2n) is 5.33. The molecule has 0 aliphatic carbocycles. The van der Waals surface area contributed by atoms with Crippen LogP contribution in [0.5, 0.6) is 0 Å². The van der Waals surface area contributed by atoms with E-state index in [2.05, 4.69) is 24.1 Å². The lowest BCUT2D eigenvalue weighted by molar-refractivity contribution is 0.0381. The number of nitrogens with one attached hydrogen (secondary N) is 1. The third kappa shape index (κ3) is 5.80. The predicted molar refractivity (Wildman–Crippen MR) is 67.6 cm³/mol. The van der Waals surface area contributed by atoms with Crippen LogP contribution in [0.2, 0.25) is 0 Å². The van der Waals surface area contributed by atoms with Crippen molar-refractivity contribution in [3.8, 4) is 0 Å². The molecule has 1 aliphatic heterocycles. The molecule has 0 saturated carbocycles. The van der Waals surface area contributed by atoms with Crippen molar-refractivity contribution in [2.24, 2.45) is 11.1 Å². The molecule has 4 nitrogen and oxygen atoms in total. The SMILES string of the molecule is CC(C)(CCN)CNCCN1CCOCC1. The van der Waals surface area contributed by atoms with Gasteiger partial charge in [0.25, 0.3) is 0 Å². The highest BCUT2D eigenvalue weighted by Gasteiger charge is 2.16. The van der Waals surface area contributed by atoms with Crippen molar-refractivity contribution in [1.82, 2.24) is 10.2 Å². The van der Waals surface area contributed by atoms with Crippen LogP contribution in [0.1, 0.15) is 20.3 Å². The molecule has 4 heteroatoms. The largest absolute Gasteiger partial charge is 0.379 e. The highest BCUT2D eigenvalue weighted by Crippen LogP contribution is 2.17. The molecule has 0 bridgehead atoms. The third-order valence-corrected chi connectivity index (χ3v) is 3.13. The fourth-order valence-corrected chi connectivity index (χ4v) is 1.97. The van der Waals surface area contributed by atoms with Crippen LogP contribution in [0.25, 0.3) is 0 Å². The number of nitrogens with zero attached hydrogens (tertiary/aromatic N) is 1. The molecule has 0 spiro atoms. The van der Waals surface area contributed by atoms with E-state index in [4.69, 9.17) is 10.5 Å². The quantitative estimate of drug-likeness (QED) is 0.616. The molecule has 96 valence electrons. The highest BCUT2D eigenvalue weighted by atomic mass is 16.5. The van der Waals surface area contributed by atoms with E-state index >= 15 is 0 Å². The van der Waals surface area contributed by atoms with E-state index in [0.717, 1.165) is 58.9 Å². The van der Waals surface area contributed by atoms with Gasteiger partial charge in [-0.25, -0.2) is 0 Å². The first-order valence-corrected chi connectivity index (χ1v) is 6.35. The van der Waals surface area contributed by atoms with Crippen LogP contribution >= 0.6 is 0 Å². The van der Waals surface area contributed by atoms with Crippen LogP contribution in [0.15, 0.2) is 0 Å². The Morgan fingerprint density at radius 3 is 2.62 bits per heavy atom. The van der Waals surface area contributed by atoms with E-state index in [1.807, 2.05) is 0 Å². The topological polar surface area (TPSA) is 50.5 Å². The van der Waals surface area contributed by atoms with Crippen molar-refractivity contribution in [2.45, 2.75) is 20.3 Å². The van der Waals surface area contributed by atoms with E-state index in [0.29, 0.717) is 5.41 Å². The van der Waals surface area contributed by atoms with Gasteiger partial charge in [0.15, 0.2) is 0 Å². The smallest absolute Gasteiger partial charge is 0.0594 e. The van der Waals surface area contributed by atoms with Gasteiger partial charge in [0.05, 0.1) is 13.2 Å². The highest BCUT2D eigenvalue weighted by molar-refractivity contribution is 4.72. The summed E-state index contributed by atoms with van der Waals surface area (Å²) in [5.74, 6) is 0. The van der Waals surface area contributed by atoms with Gasteiger partial charge in [-0.1, -0.05) is 13.8 Å². The zero-order valence-corrected chi connectivity index (χ0v) is 10.8. The van der Waals surface area contributed by atoms with E-state index in [-0.39, 0.29) is 0 Å². The van der Waals surface area contributed by atoms with Crippen LogP contribution in [0, 0.1) is 5.41 Å². The summed E-state index contributed by atoms with van der Waals surface area (Å²) in [5.41, 5.74) is 5.91. The first-order chi connectivity index (χ1) is 7.64. The Morgan fingerprint density at radius 1 is 1.31 bits per heavy atom. The number of hydrogen-bond acceptors (Lipinski definition) is 4. The van der Waals surface area contributed by atoms with Crippen LogP contribution in [-0.2, 0) is 4.74 Å². The van der Waals surface area contributed by atoms with Gasteiger partial charge in [-0.3, -0.25) is 4.90 Å². The molecule has 0 aromatic rings. The number of ether oxygens (including phenoxy) is 1. The zero-order valence-electron chi connectivity index (χ0n) is 10.8. The van der Waals surface area contributed by atoms with Gasteiger partial charge in [0.2, 0.25) is 0 Å². The monoisotopic (exact) mass is 229 g/mol. The van der Waals surface area contributed by atoms with Crippen molar-refractivity contribution in [3.05, 3.63) is 0 Å². The Kier molecular flexibility index (Phi) is 6.28. The molecule has 0 amide bonds. The minimum absolute atomic E-state index is 0.319. The lowest BCUT2D eigenvalue weighted by Crippen LogP contribution is -2.41. The Morgan fingerprint density at radius 2 is 2.00 bits per heavy atom. The lowest BCUT2D eigenvalue weighted by Gasteiger charge is -2.28. The first-order valence-electron chi connectivity index (χ1n) is 6.35. The fraction of sp³-hybridized carbons (Fsp3) is 1.00. The molecule has 0 radical (unpaired) electrons. The maximum absolute atomic E-state index is 5.59. The molecule has 1 rings (SSSR count). The molecule has 1 fully saturated rings. The van der Waals surface area contributed by atoms with Gasteiger partial charge >= 0.3 is 0 Å². The molecule has 0 unspecified atom stereocenters. The van der Waals surface area contributed by atoms with Crippen molar-refractivity contribution in [1.29, 1.82) is 0 Å². The summed E-state index contributed by atoms with van der Waals surface area (Å²) in [5, 5.41) is 3.52. The zero-order chi connectivity index (χ0) is 11.9. The number of hydrogen-bond donors (Lipinski definition) is 2. The minimum Gasteiger partial charge on any atom is -0.379 e. The summed E-state index contributed by atoms with van der Waals surface area (Å²) in [6.07, 6.45) is 1.08. The number of nitrogens with two attached hydrogens (primary N) is 1. The third-order valence-electron chi connectivity index (χ3n) is 3.13. The summed E-state index contributed by atoms with van der Waals surface area (Å²) in [7, 11) is 0. The van der Waals surface area contributed by atoms with Crippen LogP contribution in [0.3, 0.4) is 0 Å². The van der Waals surface area contributed by atoms with Crippen LogP contribution in [-0.4, -0.2) is 57.4 Å². The molecular formula is C12H27N3O. The van der Waals surface area contributed by atoms with Crippen LogP contribution < -0.4 is 11.1 Å². The fourth-order valence-electron chi connectivity index (χ4n) is 1.97. The molecule has 16 heavy (non-hydrogen) atoms. The van der Waals surface area contributed by atoms with Gasteiger partial charge in [0.1, 0.15) is 0 Å². The molecule has 0 aromatic heterocycles. The Hall–Kier alpha value is -0.160. The van der Waals surface area contributed by atoms with Crippen LogP contribution in [0.4, 0.5) is 0 Å². The molecule has 3 N–H and O–H groups in total. The summed E-state index contributed by atoms with van der Waals surface area (Å²) >= 11 is 0. The van der Waals surface area contributed by atoms with Gasteiger partial charge in [-0.2, -0.15) is 0 Å². The Labute approximate surface area is 99.5 Å². The standard InChI is InChI=1S/C12H27N3O/c1-12(2,3-4-13)11-14-5-6-15-7-9-16-10-8-15/h14H,3-11,13H2,1-2H3. The van der Waals surface area contributed by atoms with E-state index in [1.165, 1.54) is 0 Å². The van der Waals surface area contributed by atoms with E-state index in [9.17, 15) is 0 Å². The average Bonchev–Trinajstić information content (AvgIpc) is 2.26. The Balaban J connectivity index is 2.02. The van der Waals surface area contributed by atoms with E-state index in [1.54, 1.807) is 0 Å². The number of rotatable bonds is 7. The van der Waals surface area contributed by atoms with Gasteiger partial charge in [-0.15, -0.1) is 0 Å². The summed E-state index contributed by atoms with van der Waals surface area (Å²) in [6.45, 7) is 12.5. The second-order valence-corrected chi connectivity index (χ2v) is 5.33. The maximum Gasteiger partial charge on any atom is 0.0594 e. The van der Waals surface area contributed by atoms with Gasteiger partial charge in [-0.05, 0) is 18.4 Å². The molecular weight excluding hydrogens is 202 g/mol. The van der Waals surface area contributed by atoms with Gasteiger partial charge in [0, 0.05) is 32.7 Å². The summed E-state index contributed by atoms with van der Waals surface area (Å²) in [4.78, 5) is 2.45. The molecule has 1 saturated heterocycles. The summed E-state index contributed by atoms with van der Waals surface area (Å²) in [6, 6.07) is 0. The second kappa shape index (κ2) is 7.22. The minimum atomic E-state index is 0.319. The number of morpholine rings is 1. The molecule has 0 aromatic carbocycles. The van der Waals surface area contributed by atoms with Crippen molar-refractivity contribution < 1.29 is 4.74 Å². The lowest BCUT2D eigenvalue weighted by atomic mass is 9.89.